The van der Waals surface area contributed by atoms with E-state index < -0.39 is 13.7 Å². The van der Waals surface area contributed by atoms with Crippen molar-refractivity contribution in [2.24, 2.45) is 0 Å². The van der Waals surface area contributed by atoms with Gasteiger partial charge in [-0.25, -0.2) is 0 Å². The number of pyridine rings is 1. The molecule has 0 aliphatic heterocycles. The van der Waals surface area contributed by atoms with Gasteiger partial charge >= 0.3 is 0 Å². The lowest BCUT2D eigenvalue weighted by atomic mass is 9.91. The summed E-state index contributed by atoms with van der Waals surface area (Å²) in [7, 11) is 0. The zero-order valence-corrected chi connectivity index (χ0v) is 17.5. The van der Waals surface area contributed by atoms with E-state index in [1.165, 1.54) is 11.5 Å². The van der Waals surface area contributed by atoms with Gasteiger partial charge < -0.3 is 4.42 Å². The van der Waals surface area contributed by atoms with Crippen LogP contribution in [0.5, 0.6) is 0 Å². The molecule has 2 heterocycles. The molecule has 2 aromatic heterocycles. The van der Waals surface area contributed by atoms with Gasteiger partial charge in [0.25, 0.3) is 0 Å². The summed E-state index contributed by atoms with van der Waals surface area (Å²) in [6.45, 7) is -5.21. The first-order chi connectivity index (χ1) is 18.6. The third-order valence-corrected chi connectivity index (χ3v) is 6.55. The van der Waals surface area contributed by atoms with Crippen molar-refractivity contribution in [2.75, 3.05) is 0 Å². The molecule has 0 atom stereocenters. The number of fused-ring (bicyclic) bond motifs is 10. The Bertz CT molecular complexity index is 2070. The average Bonchev–Trinajstić information content (AvgIpc) is 3.31. The fourth-order valence-corrected chi connectivity index (χ4v) is 5.09. The van der Waals surface area contributed by atoms with Gasteiger partial charge in [0.1, 0.15) is 11.2 Å². The summed E-state index contributed by atoms with van der Waals surface area (Å²) in [4.78, 5) is 4.39. The van der Waals surface area contributed by atoms with E-state index in [0.29, 0.717) is 22.4 Å². The molecule has 2 nitrogen and oxygen atoms in total. The second-order valence-electron chi connectivity index (χ2n) is 8.35. The number of furan rings is 1. The van der Waals surface area contributed by atoms with Crippen LogP contribution < -0.4 is 0 Å². The van der Waals surface area contributed by atoms with Crippen LogP contribution in [0.4, 0.5) is 0 Å². The first-order valence-electron chi connectivity index (χ1n) is 13.8. The Labute approximate surface area is 199 Å². The van der Waals surface area contributed by atoms with Crippen LogP contribution in [0, 0.1) is 13.7 Å². The minimum absolute atomic E-state index is 0.233. The van der Waals surface area contributed by atoms with Crippen LogP contribution >= 0.6 is 0 Å². The Hall–Kier alpha value is -4.17. The van der Waals surface area contributed by atoms with E-state index in [-0.39, 0.29) is 11.1 Å². The van der Waals surface area contributed by atoms with Gasteiger partial charge in [0.2, 0.25) is 0 Å². The highest BCUT2D eigenvalue weighted by molar-refractivity contribution is 6.34. The molecule has 7 aromatic rings. The van der Waals surface area contributed by atoms with Crippen LogP contribution in [0.25, 0.3) is 65.5 Å². The number of para-hydroxylation sites is 1. The van der Waals surface area contributed by atoms with Crippen molar-refractivity contribution in [3.63, 3.8) is 0 Å². The minimum Gasteiger partial charge on any atom is -0.455 e. The highest BCUT2D eigenvalue weighted by atomic mass is 16.3. The van der Waals surface area contributed by atoms with Crippen molar-refractivity contribution < 1.29 is 12.6 Å². The molecule has 0 saturated carbocycles. The molecule has 0 spiro atoms. The van der Waals surface area contributed by atoms with Crippen LogP contribution in [0.15, 0.2) is 95.5 Å². The largest absolute Gasteiger partial charge is 0.455 e. The van der Waals surface area contributed by atoms with Gasteiger partial charge in [0, 0.05) is 36.1 Å². The fourth-order valence-electron chi connectivity index (χ4n) is 5.09. The lowest BCUT2D eigenvalue weighted by Crippen LogP contribution is -1.88. The van der Waals surface area contributed by atoms with Gasteiger partial charge in [-0.2, -0.15) is 0 Å². The van der Waals surface area contributed by atoms with Gasteiger partial charge in [0.15, 0.2) is 0 Å². The predicted octanol–water partition coefficient (Wildman–Crippen LogP) is 8.72. The van der Waals surface area contributed by atoms with Crippen molar-refractivity contribution in [1.82, 2.24) is 4.98 Å². The van der Waals surface area contributed by atoms with Gasteiger partial charge in [-0.1, -0.05) is 60.7 Å². The maximum atomic E-state index is 7.97. The molecule has 0 N–H and O–H groups in total. The summed E-state index contributed by atoms with van der Waals surface area (Å²) in [6, 6.07) is 27.9. The van der Waals surface area contributed by atoms with Crippen molar-refractivity contribution in [3.05, 3.63) is 102 Å². The van der Waals surface area contributed by atoms with Crippen LogP contribution in [-0.2, 0) is 0 Å². The summed E-state index contributed by atoms with van der Waals surface area (Å²) in [6.07, 6.45) is 1.15. The van der Waals surface area contributed by atoms with Crippen LogP contribution in [0.3, 0.4) is 0 Å². The zero-order valence-electron chi connectivity index (χ0n) is 23.5. The maximum Gasteiger partial charge on any atom is 0.144 e. The molecule has 5 aromatic carbocycles. The molecule has 2 heteroatoms. The first kappa shape index (κ1) is 13.4. The average molecular weight is 430 g/mol. The lowest BCUT2D eigenvalue weighted by Gasteiger charge is -2.11. The van der Waals surface area contributed by atoms with Gasteiger partial charge in [-0.15, -0.1) is 0 Å². The minimum atomic E-state index is -2.61. The molecule has 7 rings (SSSR count). The number of nitrogens with zero attached hydrogens (tertiary/aromatic N) is 1. The summed E-state index contributed by atoms with van der Waals surface area (Å²) in [5, 5.41) is 8.68. The number of benzene rings is 5. The molecule has 0 aliphatic carbocycles. The van der Waals surface area contributed by atoms with E-state index in [0.717, 1.165) is 43.9 Å². The Morgan fingerprint density at radius 2 is 1.30 bits per heavy atom. The van der Waals surface area contributed by atoms with E-state index in [1.54, 1.807) is 0 Å². The molecule has 0 fully saturated rings. The maximum absolute atomic E-state index is 7.97. The summed E-state index contributed by atoms with van der Waals surface area (Å²) >= 11 is 0. The third kappa shape index (κ3) is 2.52. The number of aromatic nitrogens is 1. The van der Waals surface area contributed by atoms with E-state index in [4.69, 9.17) is 12.6 Å². The Morgan fingerprint density at radius 1 is 0.636 bits per heavy atom. The number of hydrogen-bond donors (Lipinski definition) is 0. The number of rotatable bonds is 1. The summed E-state index contributed by atoms with van der Waals surface area (Å²) in [5.74, 6) is 0. The molecule has 0 aliphatic rings. The smallest absolute Gasteiger partial charge is 0.144 e. The molecule has 0 bridgehead atoms. The molecule has 0 unspecified atom stereocenters. The van der Waals surface area contributed by atoms with Crippen molar-refractivity contribution in [2.45, 2.75) is 13.7 Å². The Morgan fingerprint density at radius 3 is 2.06 bits per heavy atom. The fraction of sp³-hybridized carbons (Fsp3) is 0.0645. The third-order valence-electron chi connectivity index (χ3n) is 6.55. The molecule has 0 saturated heterocycles. The standard InChI is InChI=1S/C31H21NO/c1-18-16-27(32-17-19(18)2)25-12-7-13-26-30-28(33-31(25)26)15-14-24-22-10-4-3-8-20(22)21-9-5-6-11-23(21)29(24)30/h3-17H,1-2H3/i1D3,2D3. The Balaban J connectivity index is 1.59. The van der Waals surface area contributed by atoms with Gasteiger partial charge in [-0.05, 0) is 76.0 Å². The summed E-state index contributed by atoms with van der Waals surface area (Å²) in [5.41, 5.74) is 1.72. The molecular formula is C31H21NO. The second-order valence-corrected chi connectivity index (χ2v) is 8.35. The molecule has 33 heavy (non-hydrogen) atoms. The van der Waals surface area contributed by atoms with Crippen LogP contribution in [0.1, 0.15) is 19.4 Å². The van der Waals surface area contributed by atoms with E-state index >= 15 is 0 Å². The van der Waals surface area contributed by atoms with E-state index in [9.17, 15) is 0 Å². The predicted molar refractivity (Wildman–Crippen MR) is 139 cm³/mol. The monoisotopic (exact) mass is 429 g/mol. The van der Waals surface area contributed by atoms with Crippen LogP contribution in [-0.4, -0.2) is 4.98 Å². The zero-order chi connectivity index (χ0) is 27.1. The molecule has 156 valence electrons. The number of aryl methyl sites for hydroxylation is 2. The van der Waals surface area contributed by atoms with Crippen LogP contribution in [0.2, 0.25) is 0 Å². The molecule has 0 radical (unpaired) electrons. The van der Waals surface area contributed by atoms with Crippen molar-refractivity contribution in [3.8, 4) is 11.3 Å². The SMILES string of the molecule is [2H]C([2H])([2H])c1cnc(-c2cccc3c2oc2ccc4c5ccccc5c5ccccc5c4c23)cc1C([2H])([2H])[2H]. The van der Waals surface area contributed by atoms with Crippen molar-refractivity contribution >= 4 is 54.3 Å². The first-order valence-corrected chi connectivity index (χ1v) is 10.8. The van der Waals surface area contributed by atoms with Gasteiger partial charge in [-0.3, -0.25) is 4.98 Å². The lowest BCUT2D eigenvalue weighted by molar-refractivity contribution is 0.670. The van der Waals surface area contributed by atoms with Crippen molar-refractivity contribution in [1.29, 1.82) is 0 Å². The van der Waals surface area contributed by atoms with Gasteiger partial charge in [0.05, 0.1) is 5.69 Å². The van der Waals surface area contributed by atoms with E-state index in [1.807, 2.05) is 42.5 Å². The normalized spacial score (nSPS) is 15.4. The quantitative estimate of drug-likeness (QED) is 0.244. The Kier molecular flexibility index (Phi) is 2.70. The number of hydrogen-bond acceptors (Lipinski definition) is 2. The summed E-state index contributed by atoms with van der Waals surface area (Å²) < 4.78 is 53.7. The second kappa shape index (κ2) is 6.66. The molecule has 0 amide bonds. The highest BCUT2D eigenvalue weighted by Gasteiger charge is 2.18. The van der Waals surface area contributed by atoms with E-state index in [2.05, 4.69) is 41.4 Å². The highest BCUT2D eigenvalue weighted by Crippen LogP contribution is 2.43. The molecular weight excluding hydrogens is 402 g/mol. The topological polar surface area (TPSA) is 26.0 Å².